The summed E-state index contributed by atoms with van der Waals surface area (Å²) < 4.78 is 1.83. The summed E-state index contributed by atoms with van der Waals surface area (Å²) in [6.07, 6.45) is 4.07. The van der Waals surface area contributed by atoms with Crippen LogP contribution in [0, 0.1) is 0 Å². The molecule has 2 N–H and O–H groups in total. The van der Waals surface area contributed by atoms with Crippen LogP contribution in [-0.4, -0.2) is 39.4 Å². The fourth-order valence-electron chi connectivity index (χ4n) is 4.27. The first-order valence-electron chi connectivity index (χ1n) is 10.0. The van der Waals surface area contributed by atoms with E-state index in [-0.39, 0.29) is 17.6 Å². The van der Waals surface area contributed by atoms with Crippen molar-refractivity contribution in [2.45, 2.75) is 58.2 Å². The number of carbonyl (C=O) groups is 2. The highest BCUT2D eigenvalue weighted by Gasteiger charge is 2.28. The molecule has 4 rings (SSSR count). The molecule has 1 saturated heterocycles. The maximum atomic E-state index is 11.9. The number of nitrogens with one attached hydrogen (secondary N) is 1. The van der Waals surface area contributed by atoms with Crippen LogP contribution in [0.3, 0.4) is 0 Å². The Hall–Kier alpha value is -2.67. The van der Waals surface area contributed by atoms with E-state index < -0.39 is 5.97 Å². The Morgan fingerprint density at radius 2 is 2.07 bits per heavy atom. The van der Waals surface area contributed by atoms with Crippen LogP contribution < -0.4 is 10.2 Å². The van der Waals surface area contributed by atoms with Crippen LogP contribution in [0.1, 0.15) is 53.5 Å². The lowest BCUT2D eigenvalue weighted by molar-refractivity contribution is -0.117. The third-order valence-corrected chi connectivity index (χ3v) is 5.77. The molecule has 7 nitrogen and oxygen atoms in total. The molecule has 28 heavy (non-hydrogen) atoms. The summed E-state index contributed by atoms with van der Waals surface area (Å²) in [7, 11) is 0. The zero-order valence-corrected chi connectivity index (χ0v) is 16.1. The number of nitrogens with zero attached hydrogens (tertiary/aromatic N) is 3. The smallest absolute Gasteiger partial charge is 0.356 e. The van der Waals surface area contributed by atoms with E-state index in [9.17, 15) is 14.7 Å². The maximum absolute atomic E-state index is 11.9. The summed E-state index contributed by atoms with van der Waals surface area (Å²) in [4.78, 5) is 25.2. The Balaban J connectivity index is 1.39. The van der Waals surface area contributed by atoms with E-state index in [0.29, 0.717) is 19.4 Å². The summed E-state index contributed by atoms with van der Waals surface area (Å²) in [5.74, 6) is -0.748. The lowest BCUT2D eigenvalue weighted by Crippen LogP contribution is -2.34. The van der Waals surface area contributed by atoms with E-state index >= 15 is 0 Å². The second-order valence-corrected chi connectivity index (χ2v) is 7.53. The summed E-state index contributed by atoms with van der Waals surface area (Å²) in [6, 6.07) is 8.36. The van der Waals surface area contributed by atoms with Crippen molar-refractivity contribution in [3.05, 3.63) is 46.8 Å². The minimum Gasteiger partial charge on any atom is -0.476 e. The normalized spacial score (nSPS) is 19.1. The highest BCUT2D eigenvalue weighted by atomic mass is 16.4. The first-order chi connectivity index (χ1) is 13.6. The highest BCUT2D eigenvalue weighted by molar-refractivity contribution is 5.95. The Morgan fingerprint density at radius 1 is 1.29 bits per heavy atom. The van der Waals surface area contributed by atoms with Gasteiger partial charge >= 0.3 is 5.97 Å². The predicted octanol–water partition coefficient (Wildman–Crippen LogP) is 2.38. The Labute approximate surface area is 164 Å². The van der Waals surface area contributed by atoms with Gasteiger partial charge in [-0.05, 0) is 50.3 Å². The molecule has 2 heterocycles. The lowest BCUT2D eigenvalue weighted by atomic mass is 9.91. The molecule has 1 fully saturated rings. The van der Waals surface area contributed by atoms with Crippen LogP contribution in [-0.2, 0) is 30.7 Å². The van der Waals surface area contributed by atoms with Crippen molar-refractivity contribution in [1.82, 2.24) is 15.1 Å². The minimum absolute atomic E-state index is 0.197. The van der Waals surface area contributed by atoms with Crippen molar-refractivity contribution >= 4 is 17.6 Å². The van der Waals surface area contributed by atoms with Crippen molar-refractivity contribution in [1.29, 1.82) is 0 Å². The summed E-state index contributed by atoms with van der Waals surface area (Å²) in [6.45, 7) is 4.21. The Kier molecular flexibility index (Phi) is 5.17. The van der Waals surface area contributed by atoms with Crippen LogP contribution in [0.25, 0.3) is 0 Å². The Bertz CT molecular complexity index is 888. The van der Waals surface area contributed by atoms with Crippen LogP contribution >= 0.6 is 0 Å². The fourth-order valence-corrected chi connectivity index (χ4v) is 4.27. The molecule has 1 aromatic carbocycles. The second-order valence-electron chi connectivity index (χ2n) is 7.53. The van der Waals surface area contributed by atoms with Crippen molar-refractivity contribution in [2.75, 3.05) is 11.4 Å². The average Bonchev–Trinajstić information content (AvgIpc) is 3.30. The molecule has 0 bridgehead atoms. The number of anilines is 1. The SMILES string of the molecule is CCn1nc(C(=O)O)c2c1CCC(NCc1ccc(N3CCCC3=O)cc1)C2. The summed E-state index contributed by atoms with van der Waals surface area (Å²) in [5.41, 5.74) is 4.26. The van der Waals surface area contributed by atoms with Gasteiger partial charge in [-0.25, -0.2) is 4.79 Å². The van der Waals surface area contributed by atoms with Gasteiger partial charge in [-0.15, -0.1) is 0 Å². The van der Waals surface area contributed by atoms with Crippen LogP contribution in [0.15, 0.2) is 24.3 Å². The van der Waals surface area contributed by atoms with Gasteiger partial charge in [0.25, 0.3) is 0 Å². The molecular weight excluding hydrogens is 356 g/mol. The Morgan fingerprint density at radius 3 is 2.71 bits per heavy atom. The summed E-state index contributed by atoms with van der Waals surface area (Å²) >= 11 is 0. The van der Waals surface area contributed by atoms with Crippen molar-refractivity contribution in [2.24, 2.45) is 0 Å². The molecule has 0 spiro atoms. The maximum Gasteiger partial charge on any atom is 0.356 e. The van der Waals surface area contributed by atoms with Crippen LogP contribution in [0.2, 0.25) is 0 Å². The molecule has 0 radical (unpaired) electrons. The van der Waals surface area contributed by atoms with Crippen molar-refractivity contribution in [3.8, 4) is 0 Å². The lowest BCUT2D eigenvalue weighted by Gasteiger charge is -2.24. The van der Waals surface area contributed by atoms with E-state index in [4.69, 9.17) is 0 Å². The van der Waals surface area contributed by atoms with E-state index in [1.807, 2.05) is 28.6 Å². The van der Waals surface area contributed by atoms with E-state index in [2.05, 4.69) is 22.5 Å². The number of hydrogen-bond donors (Lipinski definition) is 2. The van der Waals surface area contributed by atoms with E-state index in [0.717, 1.165) is 54.9 Å². The molecule has 1 atom stereocenters. The minimum atomic E-state index is -0.948. The third kappa shape index (κ3) is 3.54. The summed E-state index contributed by atoms with van der Waals surface area (Å²) in [5, 5.41) is 17.3. The zero-order chi connectivity index (χ0) is 19.7. The third-order valence-electron chi connectivity index (χ3n) is 5.77. The van der Waals surface area contributed by atoms with E-state index in [1.165, 1.54) is 0 Å². The molecule has 1 aliphatic heterocycles. The number of benzene rings is 1. The highest BCUT2D eigenvalue weighted by Crippen LogP contribution is 2.26. The van der Waals surface area contributed by atoms with Gasteiger partial charge in [0.15, 0.2) is 5.69 Å². The van der Waals surface area contributed by atoms with Gasteiger partial charge in [-0.3, -0.25) is 9.48 Å². The van der Waals surface area contributed by atoms with Gasteiger partial charge in [0, 0.05) is 49.0 Å². The number of aromatic nitrogens is 2. The van der Waals surface area contributed by atoms with E-state index in [1.54, 1.807) is 0 Å². The number of fused-ring (bicyclic) bond motifs is 1. The largest absolute Gasteiger partial charge is 0.476 e. The molecule has 1 amide bonds. The average molecular weight is 382 g/mol. The number of carbonyl (C=O) groups excluding carboxylic acids is 1. The second kappa shape index (κ2) is 7.75. The van der Waals surface area contributed by atoms with Gasteiger partial charge in [-0.2, -0.15) is 5.10 Å². The van der Waals surface area contributed by atoms with Crippen molar-refractivity contribution in [3.63, 3.8) is 0 Å². The van der Waals surface area contributed by atoms with Gasteiger partial charge < -0.3 is 15.3 Å². The molecule has 1 aliphatic carbocycles. The number of aromatic carboxylic acids is 1. The number of carboxylic acid groups (broad SMARTS) is 1. The first kappa shape index (κ1) is 18.7. The number of aryl methyl sites for hydroxylation is 1. The fraction of sp³-hybridized carbons (Fsp3) is 0.476. The molecule has 7 heteroatoms. The standard InChI is InChI=1S/C21H26N4O3/c1-2-25-18-10-7-15(12-17(18)20(23-25)21(27)28)22-13-14-5-8-16(9-6-14)24-11-3-4-19(24)26/h5-6,8-9,15,22H,2-4,7,10-13H2,1H3,(H,27,28). The van der Waals surface area contributed by atoms with Gasteiger partial charge in [0.05, 0.1) is 0 Å². The quantitative estimate of drug-likeness (QED) is 0.801. The van der Waals surface area contributed by atoms with Gasteiger partial charge in [0.2, 0.25) is 5.91 Å². The monoisotopic (exact) mass is 382 g/mol. The molecule has 1 aromatic heterocycles. The number of hydrogen-bond acceptors (Lipinski definition) is 4. The molecule has 2 aliphatic rings. The molecule has 148 valence electrons. The topological polar surface area (TPSA) is 87.5 Å². The molecular formula is C21H26N4O3. The van der Waals surface area contributed by atoms with Gasteiger partial charge in [0.1, 0.15) is 0 Å². The van der Waals surface area contributed by atoms with Crippen LogP contribution in [0.5, 0.6) is 0 Å². The molecule has 0 saturated carbocycles. The number of carboxylic acids is 1. The van der Waals surface area contributed by atoms with Crippen molar-refractivity contribution < 1.29 is 14.7 Å². The van der Waals surface area contributed by atoms with Gasteiger partial charge in [-0.1, -0.05) is 12.1 Å². The number of rotatable bonds is 6. The van der Waals surface area contributed by atoms with Crippen LogP contribution in [0.4, 0.5) is 5.69 Å². The zero-order valence-electron chi connectivity index (χ0n) is 16.1. The molecule has 1 unspecified atom stereocenters. The number of amides is 1. The first-order valence-corrected chi connectivity index (χ1v) is 10.0. The predicted molar refractivity (Wildman–Crippen MR) is 106 cm³/mol. The molecule has 2 aromatic rings.